The summed E-state index contributed by atoms with van der Waals surface area (Å²) in [6.07, 6.45) is -4.81. The molecule has 0 bridgehead atoms. The highest BCUT2D eigenvalue weighted by molar-refractivity contribution is 5.84. The van der Waals surface area contributed by atoms with Crippen molar-refractivity contribution >= 4 is 22.7 Å². The summed E-state index contributed by atoms with van der Waals surface area (Å²) in [5, 5.41) is 3.61. The molecular weight excluding hydrogens is 467 g/mol. The maximum atomic E-state index is 13.9. The second-order valence-electron chi connectivity index (χ2n) is 7.65. The summed E-state index contributed by atoms with van der Waals surface area (Å²) >= 11 is 0. The Morgan fingerprint density at radius 3 is 2.57 bits per heavy atom. The van der Waals surface area contributed by atoms with Crippen molar-refractivity contribution in [2.24, 2.45) is 5.73 Å². The molecule has 0 radical (unpaired) electrons. The quantitative estimate of drug-likeness (QED) is 0.392. The third-order valence-electron chi connectivity index (χ3n) is 5.27. The van der Waals surface area contributed by atoms with Crippen LogP contribution in [-0.2, 0) is 11.0 Å². The second-order valence-corrected chi connectivity index (χ2v) is 7.65. The molecule has 35 heavy (non-hydrogen) atoms. The van der Waals surface area contributed by atoms with Crippen LogP contribution < -0.4 is 16.0 Å². The van der Waals surface area contributed by atoms with Crippen LogP contribution in [0.4, 0.5) is 13.2 Å². The standard InChI is InChI=1S/C23H16F3N5O4/c1-11-16(21-29-18-13(34-10-15(27)32)8-5-9-14(18)35-21)22(33)31-20(28-11)17(12-6-3-2-4-7-12)19(30-31)23(24,25)26/h2-9,28H,10H2,1H3,(H2,27,32). The number of primary amides is 1. The largest absolute Gasteiger partial charge is 0.481 e. The molecule has 0 aliphatic carbocycles. The number of amides is 1. The number of hydrogen-bond acceptors (Lipinski definition) is 6. The first kappa shape index (κ1) is 22.2. The first-order valence-electron chi connectivity index (χ1n) is 10.2. The number of nitrogens with two attached hydrogens (primary N) is 1. The van der Waals surface area contributed by atoms with Crippen LogP contribution in [0, 0.1) is 6.92 Å². The Morgan fingerprint density at radius 1 is 1.14 bits per heavy atom. The van der Waals surface area contributed by atoms with Crippen molar-refractivity contribution in [1.82, 2.24) is 19.6 Å². The number of ether oxygens (including phenoxy) is 1. The first-order chi connectivity index (χ1) is 16.6. The van der Waals surface area contributed by atoms with Crippen LogP contribution in [0.25, 0.3) is 39.3 Å². The number of benzene rings is 2. The zero-order valence-corrected chi connectivity index (χ0v) is 18.0. The fraction of sp³-hybridized carbons (Fsp3) is 0.130. The summed E-state index contributed by atoms with van der Waals surface area (Å²) in [4.78, 5) is 31.6. The molecule has 178 valence electrons. The number of nitrogens with zero attached hydrogens (tertiary/aromatic N) is 3. The zero-order valence-electron chi connectivity index (χ0n) is 18.0. The highest BCUT2D eigenvalue weighted by atomic mass is 19.4. The van der Waals surface area contributed by atoms with E-state index in [4.69, 9.17) is 14.9 Å². The van der Waals surface area contributed by atoms with Crippen LogP contribution in [0.5, 0.6) is 5.75 Å². The Morgan fingerprint density at radius 2 is 1.89 bits per heavy atom. The normalized spacial score (nSPS) is 11.9. The molecule has 0 saturated heterocycles. The summed E-state index contributed by atoms with van der Waals surface area (Å²) < 4.78 is 53.3. The van der Waals surface area contributed by atoms with E-state index in [1.807, 2.05) is 0 Å². The van der Waals surface area contributed by atoms with Crippen molar-refractivity contribution < 1.29 is 27.1 Å². The van der Waals surface area contributed by atoms with E-state index >= 15 is 0 Å². The van der Waals surface area contributed by atoms with Crippen molar-refractivity contribution in [2.75, 3.05) is 6.61 Å². The molecule has 2 aromatic carbocycles. The number of alkyl halides is 3. The van der Waals surface area contributed by atoms with E-state index in [-0.39, 0.29) is 50.8 Å². The number of aromatic amines is 1. The molecule has 3 aromatic heterocycles. The number of H-pyrrole nitrogens is 1. The Bertz CT molecular complexity index is 1650. The number of carbonyl (C=O) groups excluding carboxylic acids is 1. The average Bonchev–Trinajstić information content (AvgIpc) is 3.40. The molecule has 3 N–H and O–H groups in total. The van der Waals surface area contributed by atoms with E-state index in [0.29, 0.717) is 4.52 Å². The Hall–Kier alpha value is -4.61. The van der Waals surface area contributed by atoms with Gasteiger partial charge in [0.05, 0.1) is 5.56 Å². The highest BCUT2D eigenvalue weighted by Crippen LogP contribution is 2.38. The van der Waals surface area contributed by atoms with Gasteiger partial charge in [-0.3, -0.25) is 9.59 Å². The van der Waals surface area contributed by atoms with Gasteiger partial charge in [-0.15, -0.1) is 0 Å². The molecule has 5 aromatic rings. The number of aryl methyl sites for hydroxylation is 1. The highest BCUT2D eigenvalue weighted by Gasteiger charge is 2.39. The van der Waals surface area contributed by atoms with Gasteiger partial charge in [0.15, 0.2) is 23.4 Å². The molecule has 0 saturated carbocycles. The van der Waals surface area contributed by atoms with Crippen LogP contribution in [0.2, 0.25) is 0 Å². The lowest BCUT2D eigenvalue weighted by Gasteiger charge is -2.07. The molecular formula is C23H16F3N5O4. The number of para-hydroxylation sites is 1. The van der Waals surface area contributed by atoms with Crippen molar-refractivity contribution in [3.63, 3.8) is 0 Å². The van der Waals surface area contributed by atoms with Gasteiger partial charge in [-0.2, -0.15) is 22.8 Å². The molecule has 0 fully saturated rings. The molecule has 0 spiro atoms. The molecule has 3 heterocycles. The van der Waals surface area contributed by atoms with E-state index in [1.165, 1.54) is 25.1 Å². The van der Waals surface area contributed by atoms with Crippen molar-refractivity contribution in [3.05, 3.63) is 70.3 Å². The number of aromatic nitrogens is 4. The van der Waals surface area contributed by atoms with Gasteiger partial charge in [-0.05, 0) is 24.6 Å². The van der Waals surface area contributed by atoms with E-state index in [0.717, 1.165) is 0 Å². The number of rotatable bonds is 5. The molecule has 0 atom stereocenters. The minimum Gasteiger partial charge on any atom is -0.481 e. The van der Waals surface area contributed by atoms with Crippen LogP contribution in [0.15, 0.2) is 57.7 Å². The molecule has 9 nitrogen and oxygen atoms in total. The lowest BCUT2D eigenvalue weighted by molar-refractivity contribution is -0.140. The van der Waals surface area contributed by atoms with E-state index in [1.54, 1.807) is 30.3 Å². The maximum Gasteiger partial charge on any atom is 0.435 e. The summed E-state index contributed by atoms with van der Waals surface area (Å²) in [6, 6.07) is 12.5. The Balaban J connectivity index is 1.74. The third kappa shape index (κ3) is 3.78. The van der Waals surface area contributed by atoms with Gasteiger partial charge in [-0.1, -0.05) is 36.4 Å². The Kier molecular flexibility index (Phi) is 5.08. The topological polar surface area (TPSA) is 129 Å². The predicted octanol–water partition coefficient (Wildman–Crippen LogP) is 3.69. The molecule has 1 amide bonds. The molecule has 0 unspecified atom stereocenters. The van der Waals surface area contributed by atoms with Crippen LogP contribution in [-0.4, -0.2) is 32.1 Å². The van der Waals surface area contributed by atoms with E-state index in [9.17, 15) is 22.8 Å². The fourth-order valence-electron chi connectivity index (χ4n) is 3.81. The number of halogens is 3. The predicted molar refractivity (Wildman–Crippen MR) is 119 cm³/mol. The smallest absolute Gasteiger partial charge is 0.435 e. The van der Waals surface area contributed by atoms with Gasteiger partial charge >= 0.3 is 6.18 Å². The third-order valence-corrected chi connectivity index (χ3v) is 5.27. The van der Waals surface area contributed by atoms with Crippen LogP contribution in [0.3, 0.4) is 0 Å². The number of nitrogens with one attached hydrogen (secondary N) is 1. The first-order valence-corrected chi connectivity index (χ1v) is 10.2. The number of oxazole rings is 1. The zero-order chi connectivity index (χ0) is 24.9. The minimum absolute atomic E-state index is 0.106. The van der Waals surface area contributed by atoms with Crippen molar-refractivity contribution in [3.8, 4) is 28.3 Å². The average molecular weight is 483 g/mol. The molecule has 0 aliphatic heterocycles. The van der Waals surface area contributed by atoms with Crippen molar-refractivity contribution in [1.29, 1.82) is 0 Å². The van der Waals surface area contributed by atoms with Gasteiger partial charge < -0.3 is 19.9 Å². The lowest BCUT2D eigenvalue weighted by atomic mass is 10.1. The van der Waals surface area contributed by atoms with E-state index in [2.05, 4.69) is 15.1 Å². The van der Waals surface area contributed by atoms with Gasteiger partial charge in [0.25, 0.3) is 11.5 Å². The van der Waals surface area contributed by atoms with Gasteiger partial charge in [0, 0.05) is 5.69 Å². The van der Waals surface area contributed by atoms with Gasteiger partial charge in [0.2, 0.25) is 5.89 Å². The second kappa shape index (κ2) is 8.01. The van der Waals surface area contributed by atoms with E-state index < -0.39 is 29.9 Å². The number of hydrogen-bond donors (Lipinski definition) is 2. The minimum atomic E-state index is -4.81. The molecule has 0 aliphatic rings. The number of fused-ring (bicyclic) bond motifs is 2. The lowest BCUT2D eigenvalue weighted by Crippen LogP contribution is -2.20. The van der Waals surface area contributed by atoms with Gasteiger partial charge in [0.1, 0.15) is 17.0 Å². The van der Waals surface area contributed by atoms with Gasteiger partial charge in [-0.25, -0.2) is 4.98 Å². The van der Waals surface area contributed by atoms with Crippen LogP contribution in [0.1, 0.15) is 11.4 Å². The SMILES string of the molecule is Cc1[nH]c2c(-c3ccccc3)c(C(F)(F)F)nn2c(=O)c1-c1nc2c(OCC(N)=O)cccc2o1. The molecule has 12 heteroatoms. The van der Waals surface area contributed by atoms with Crippen molar-refractivity contribution in [2.45, 2.75) is 13.1 Å². The summed E-state index contributed by atoms with van der Waals surface area (Å²) in [6.45, 7) is 1.12. The Labute approximate surface area is 193 Å². The summed E-state index contributed by atoms with van der Waals surface area (Å²) in [5.74, 6) is -0.658. The number of carbonyl (C=O) groups is 1. The molecule has 5 rings (SSSR count). The maximum absolute atomic E-state index is 13.9. The fourth-order valence-corrected chi connectivity index (χ4v) is 3.81. The summed E-state index contributed by atoms with van der Waals surface area (Å²) in [7, 11) is 0. The monoisotopic (exact) mass is 483 g/mol. The van der Waals surface area contributed by atoms with Crippen LogP contribution >= 0.6 is 0 Å². The summed E-state index contributed by atoms with van der Waals surface area (Å²) in [5.41, 5.74) is 3.52.